The van der Waals surface area contributed by atoms with E-state index in [1.54, 1.807) is 30.5 Å². The fraction of sp³-hybridized carbons (Fsp3) is 0. The van der Waals surface area contributed by atoms with Gasteiger partial charge in [-0.25, -0.2) is 9.37 Å². The van der Waals surface area contributed by atoms with E-state index in [-0.39, 0.29) is 0 Å². The Kier molecular flexibility index (Phi) is 3.66. The van der Waals surface area contributed by atoms with E-state index in [9.17, 15) is 8.78 Å². The molecule has 3 rings (SSSR count). The summed E-state index contributed by atoms with van der Waals surface area (Å²) in [7, 11) is 0. The molecule has 1 aromatic carbocycles. The Morgan fingerprint density at radius 1 is 1.12 bits per heavy atom. The molecule has 0 atom stereocenters. The van der Waals surface area contributed by atoms with Crippen LogP contribution in [-0.4, -0.2) is 14.6 Å². The van der Waals surface area contributed by atoms with E-state index in [0.717, 1.165) is 6.07 Å². The maximum Gasteiger partial charge on any atom is 0.249 e. The van der Waals surface area contributed by atoms with Crippen molar-refractivity contribution in [2.24, 2.45) is 0 Å². The van der Waals surface area contributed by atoms with Crippen molar-refractivity contribution < 1.29 is 8.78 Å². The summed E-state index contributed by atoms with van der Waals surface area (Å²) >= 11 is 1.35. The van der Waals surface area contributed by atoms with Crippen LogP contribution in [0.3, 0.4) is 0 Å². The number of pyridine rings is 1. The molecule has 17 heavy (non-hydrogen) atoms. The van der Waals surface area contributed by atoms with Crippen molar-refractivity contribution in [1.29, 1.82) is 0 Å². The fourth-order valence-corrected chi connectivity index (χ4v) is 1.47. The average molecular weight is 251 g/mol. The molecular formula is C11H7F2N3S. The van der Waals surface area contributed by atoms with Gasteiger partial charge in [0, 0.05) is 10.8 Å². The van der Waals surface area contributed by atoms with Crippen LogP contribution in [0.25, 0.3) is 10.9 Å². The number of nitrogens with zero attached hydrogens (tertiary/aromatic N) is 3. The molecule has 0 saturated heterocycles. The molecule has 0 N–H and O–H groups in total. The van der Waals surface area contributed by atoms with Crippen molar-refractivity contribution in [3.8, 4) is 0 Å². The Balaban J connectivity index is 0.000000181. The quantitative estimate of drug-likeness (QED) is 0.576. The molecule has 2 heterocycles. The lowest BCUT2D eigenvalue weighted by Crippen LogP contribution is -1.89. The van der Waals surface area contributed by atoms with Gasteiger partial charge < -0.3 is 0 Å². The van der Waals surface area contributed by atoms with E-state index in [1.165, 1.54) is 11.5 Å². The molecule has 0 bridgehead atoms. The van der Waals surface area contributed by atoms with E-state index in [0.29, 0.717) is 10.9 Å². The van der Waals surface area contributed by atoms with Gasteiger partial charge in [0.2, 0.25) is 5.95 Å². The van der Waals surface area contributed by atoms with Crippen LogP contribution in [0.4, 0.5) is 8.78 Å². The van der Waals surface area contributed by atoms with Crippen molar-refractivity contribution in [2.45, 2.75) is 0 Å². The Labute approximate surface area is 99.9 Å². The van der Waals surface area contributed by atoms with Gasteiger partial charge in [-0.1, -0.05) is 22.7 Å². The van der Waals surface area contributed by atoms with Gasteiger partial charge in [0.15, 0.2) is 5.82 Å². The minimum Gasteiger partial charge on any atom is -0.217 e. The molecule has 2 aromatic heterocycles. The second kappa shape index (κ2) is 5.40. The van der Waals surface area contributed by atoms with Crippen LogP contribution < -0.4 is 0 Å². The van der Waals surface area contributed by atoms with Crippen molar-refractivity contribution >= 4 is 22.4 Å². The first kappa shape index (κ1) is 11.5. The molecule has 0 aliphatic carbocycles. The van der Waals surface area contributed by atoms with Gasteiger partial charge in [0.25, 0.3) is 0 Å². The average Bonchev–Trinajstić information content (AvgIpc) is 2.89. The molecule has 0 unspecified atom stereocenters. The van der Waals surface area contributed by atoms with Crippen LogP contribution in [0.1, 0.15) is 0 Å². The third-order valence-corrected chi connectivity index (χ3v) is 2.35. The second-order valence-corrected chi connectivity index (χ2v) is 3.69. The van der Waals surface area contributed by atoms with Crippen LogP contribution >= 0.6 is 11.5 Å². The lowest BCUT2D eigenvalue weighted by molar-refractivity contribution is 0.484. The van der Waals surface area contributed by atoms with Crippen LogP contribution in [0, 0.1) is 11.8 Å². The van der Waals surface area contributed by atoms with Crippen LogP contribution in [0.5, 0.6) is 0 Å². The highest BCUT2D eigenvalue weighted by Crippen LogP contribution is 2.13. The molecule has 3 aromatic rings. The van der Waals surface area contributed by atoms with Gasteiger partial charge >= 0.3 is 0 Å². The van der Waals surface area contributed by atoms with Crippen LogP contribution in [-0.2, 0) is 0 Å². The maximum atomic E-state index is 12.6. The predicted molar refractivity (Wildman–Crippen MR) is 61.6 cm³/mol. The van der Waals surface area contributed by atoms with Crippen LogP contribution in [0.15, 0.2) is 41.9 Å². The van der Waals surface area contributed by atoms with E-state index in [4.69, 9.17) is 0 Å². The molecular weight excluding hydrogens is 244 g/mol. The summed E-state index contributed by atoms with van der Waals surface area (Å²) < 4.78 is 28.7. The zero-order chi connectivity index (χ0) is 12.1. The highest BCUT2D eigenvalue weighted by atomic mass is 32.1. The molecule has 6 heteroatoms. The zero-order valence-electron chi connectivity index (χ0n) is 8.55. The Morgan fingerprint density at radius 2 is 1.94 bits per heavy atom. The minimum atomic E-state index is -1.05. The van der Waals surface area contributed by atoms with E-state index < -0.39 is 11.8 Å². The summed E-state index contributed by atoms with van der Waals surface area (Å²) in [6.45, 7) is 0. The standard InChI is InChI=1S/C9H5F2N.C2H2N2S/c10-7-5-6-3-1-2-4-8(6)12-9(7)11;1-2-5-4-3-1/h1-5H;1-2H. The smallest absolute Gasteiger partial charge is 0.217 e. The van der Waals surface area contributed by atoms with Gasteiger partial charge in [-0.3, -0.25) is 0 Å². The lowest BCUT2D eigenvalue weighted by atomic mass is 10.2. The lowest BCUT2D eigenvalue weighted by Gasteiger charge is -1.96. The molecule has 0 saturated carbocycles. The Bertz CT molecular complexity index is 541. The van der Waals surface area contributed by atoms with Crippen LogP contribution in [0.2, 0.25) is 0 Å². The first-order chi connectivity index (χ1) is 8.27. The highest BCUT2D eigenvalue weighted by molar-refractivity contribution is 7.03. The molecule has 0 fully saturated rings. The minimum absolute atomic E-state index is 0.469. The summed E-state index contributed by atoms with van der Waals surface area (Å²) in [5, 5.41) is 5.92. The number of halogens is 2. The maximum absolute atomic E-state index is 12.6. The van der Waals surface area contributed by atoms with E-state index in [2.05, 4.69) is 14.6 Å². The number of rotatable bonds is 0. The number of para-hydroxylation sites is 1. The highest BCUT2D eigenvalue weighted by Gasteiger charge is 2.03. The summed E-state index contributed by atoms with van der Waals surface area (Å²) in [4.78, 5) is 3.43. The van der Waals surface area contributed by atoms with Gasteiger partial charge in [-0.05, 0) is 23.7 Å². The largest absolute Gasteiger partial charge is 0.249 e. The topological polar surface area (TPSA) is 38.7 Å². The number of fused-ring (bicyclic) bond motifs is 1. The third kappa shape index (κ3) is 3.01. The number of benzene rings is 1. The van der Waals surface area contributed by atoms with Crippen molar-refractivity contribution in [3.05, 3.63) is 53.7 Å². The monoisotopic (exact) mass is 251 g/mol. The van der Waals surface area contributed by atoms with Gasteiger partial charge in [-0.2, -0.15) is 4.39 Å². The SMILES string of the molecule is Fc1cc2ccccc2nc1F.c1csnn1. The summed E-state index contributed by atoms with van der Waals surface area (Å²) in [5.41, 5.74) is 0.469. The third-order valence-electron chi connectivity index (χ3n) is 1.92. The molecule has 3 nitrogen and oxygen atoms in total. The number of hydrogen-bond donors (Lipinski definition) is 0. The van der Waals surface area contributed by atoms with Crippen molar-refractivity contribution in [2.75, 3.05) is 0 Å². The first-order valence-electron chi connectivity index (χ1n) is 4.69. The van der Waals surface area contributed by atoms with Gasteiger partial charge in [-0.15, -0.1) is 5.10 Å². The summed E-state index contributed by atoms with van der Waals surface area (Å²) in [6, 6.07) is 7.94. The molecule has 0 amide bonds. The Morgan fingerprint density at radius 3 is 2.59 bits per heavy atom. The molecule has 86 valence electrons. The van der Waals surface area contributed by atoms with E-state index >= 15 is 0 Å². The summed E-state index contributed by atoms with van der Waals surface area (Å²) in [5.74, 6) is -1.96. The number of hydrogen-bond acceptors (Lipinski definition) is 4. The second-order valence-electron chi connectivity index (χ2n) is 3.04. The fourth-order valence-electron chi connectivity index (χ4n) is 1.20. The molecule has 0 aliphatic heterocycles. The van der Waals surface area contributed by atoms with Crippen molar-refractivity contribution in [1.82, 2.24) is 14.6 Å². The van der Waals surface area contributed by atoms with Gasteiger partial charge in [0.05, 0.1) is 11.7 Å². The molecule has 0 aliphatic rings. The van der Waals surface area contributed by atoms with Gasteiger partial charge in [0.1, 0.15) is 0 Å². The zero-order valence-corrected chi connectivity index (χ0v) is 9.36. The number of aromatic nitrogens is 3. The van der Waals surface area contributed by atoms with Crippen molar-refractivity contribution in [3.63, 3.8) is 0 Å². The predicted octanol–water partition coefficient (Wildman–Crippen LogP) is 3.05. The Hall–Kier alpha value is -1.95. The van der Waals surface area contributed by atoms with E-state index in [1.807, 2.05) is 5.38 Å². The molecule has 0 radical (unpaired) electrons. The molecule has 0 spiro atoms. The summed E-state index contributed by atoms with van der Waals surface area (Å²) in [6.07, 6.45) is 1.66. The normalized spacial score (nSPS) is 9.76. The first-order valence-corrected chi connectivity index (χ1v) is 5.53.